The number of aromatic nitrogens is 1. The lowest BCUT2D eigenvalue weighted by atomic mass is 10.2. The van der Waals surface area contributed by atoms with Crippen molar-refractivity contribution < 1.29 is 8.42 Å². The second kappa shape index (κ2) is 6.69. The number of hydrogen-bond acceptors (Lipinski definition) is 6. The van der Waals surface area contributed by atoms with E-state index in [0.29, 0.717) is 24.8 Å². The number of piperazine rings is 1. The summed E-state index contributed by atoms with van der Waals surface area (Å²) < 4.78 is 26.9. The van der Waals surface area contributed by atoms with E-state index in [4.69, 9.17) is 5.84 Å². The SMILES string of the molecule is CCC(C)N1CCN(S(=O)(=O)c2cnccc2NN)CC1. The molecule has 21 heavy (non-hydrogen) atoms. The van der Waals surface area contributed by atoms with Gasteiger partial charge in [0.15, 0.2) is 0 Å². The standard InChI is InChI=1S/C13H23N5O2S/c1-3-11(2)17-6-8-18(9-7-17)21(19,20)13-10-15-5-4-12(13)16-14/h4-5,10-11H,3,6-9,14H2,1-2H3,(H,15,16). The Hall–Kier alpha value is -1.22. The molecule has 1 aromatic heterocycles. The van der Waals surface area contributed by atoms with E-state index in [1.165, 1.54) is 16.7 Å². The fraction of sp³-hybridized carbons (Fsp3) is 0.615. The molecule has 1 aliphatic heterocycles. The third-order valence-electron chi connectivity index (χ3n) is 4.05. The van der Waals surface area contributed by atoms with Crippen molar-refractivity contribution >= 4 is 15.7 Å². The maximum Gasteiger partial charge on any atom is 0.246 e. The number of nitrogens with one attached hydrogen (secondary N) is 1. The van der Waals surface area contributed by atoms with Gasteiger partial charge in [0.1, 0.15) is 4.90 Å². The summed E-state index contributed by atoms with van der Waals surface area (Å²) >= 11 is 0. The second-order valence-electron chi connectivity index (χ2n) is 5.21. The number of sulfonamides is 1. The molecule has 1 aliphatic rings. The molecule has 1 atom stereocenters. The second-order valence-corrected chi connectivity index (χ2v) is 7.12. The molecule has 0 radical (unpaired) electrons. The first kappa shape index (κ1) is 16.2. The fourth-order valence-electron chi connectivity index (χ4n) is 2.49. The molecule has 0 spiro atoms. The minimum Gasteiger partial charge on any atom is -0.323 e. The Kier molecular flexibility index (Phi) is 5.15. The molecule has 0 bridgehead atoms. The number of nitrogen functional groups attached to an aromatic ring is 1. The Balaban J connectivity index is 2.15. The molecule has 0 aromatic carbocycles. The third kappa shape index (κ3) is 3.34. The van der Waals surface area contributed by atoms with E-state index in [1.54, 1.807) is 6.07 Å². The highest BCUT2D eigenvalue weighted by Crippen LogP contribution is 2.24. The molecule has 7 nitrogen and oxygen atoms in total. The van der Waals surface area contributed by atoms with Crippen LogP contribution in [0.1, 0.15) is 20.3 Å². The molecule has 1 saturated heterocycles. The van der Waals surface area contributed by atoms with Crippen LogP contribution in [0.4, 0.5) is 5.69 Å². The van der Waals surface area contributed by atoms with Gasteiger partial charge in [-0.3, -0.25) is 15.7 Å². The van der Waals surface area contributed by atoms with Crippen LogP contribution >= 0.6 is 0 Å². The van der Waals surface area contributed by atoms with Gasteiger partial charge in [0.05, 0.1) is 5.69 Å². The van der Waals surface area contributed by atoms with E-state index >= 15 is 0 Å². The molecule has 0 aliphatic carbocycles. The predicted octanol–water partition coefficient (Wildman–Crippen LogP) is 0.472. The van der Waals surface area contributed by atoms with Gasteiger partial charge in [0, 0.05) is 44.6 Å². The van der Waals surface area contributed by atoms with E-state index < -0.39 is 10.0 Å². The van der Waals surface area contributed by atoms with Gasteiger partial charge < -0.3 is 5.43 Å². The molecule has 0 saturated carbocycles. The zero-order valence-electron chi connectivity index (χ0n) is 12.5. The number of rotatable bonds is 5. The van der Waals surface area contributed by atoms with Gasteiger partial charge in [0.2, 0.25) is 10.0 Å². The minimum absolute atomic E-state index is 0.129. The predicted molar refractivity (Wildman–Crippen MR) is 82.1 cm³/mol. The number of hydrogen-bond donors (Lipinski definition) is 2. The van der Waals surface area contributed by atoms with Crippen LogP contribution in [-0.4, -0.2) is 54.8 Å². The molecule has 0 amide bonds. The average Bonchev–Trinajstić information content (AvgIpc) is 2.54. The van der Waals surface area contributed by atoms with Crippen LogP contribution in [0.25, 0.3) is 0 Å². The first-order chi connectivity index (χ1) is 10.0. The lowest BCUT2D eigenvalue weighted by Crippen LogP contribution is -2.51. The van der Waals surface area contributed by atoms with Crippen molar-refractivity contribution in [3.05, 3.63) is 18.5 Å². The zero-order chi connectivity index (χ0) is 15.5. The van der Waals surface area contributed by atoms with Gasteiger partial charge in [-0.1, -0.05) is 6.92 Å². The molecule has 2 rings (SSSR count). The minimum atomic E-state index is -3.56. The van der Waals surface area contributed by atoms with E-state index in [1.807, 2.05) is 0 Å². The highest BCUT2D eigenvalue weighted by Gasteiger charge is 2.31. The van der Waals surface area contributed by atoms with Crippen molar-refractivity contribution in [1.29, 1.82) is 0 Å². The summed E-state index contributed by atoms with van der Waals surface area (Å²) in [5.41, 5.74) is 2.79. The van der Waals surface area contributed by atoms with E-state index in [0.717, 1.165) is 19.5 Å². The largest absolute Gasteiger partial charge is 0.323 e. The van der Waals surface area contributed by atoms with Gasteiger partial charge in [-0.2, -0.15) is 4.31 Å². The molecule has 1 fully saturated rings. The third-order valence-corrected chi connectivity index (χ3v) is 5.97. The van der Waals surface area contributed by atoms with Gasteiger partial charge in [-0.15, -0.1) is 0 Å². The van der Waals surface area contributed by atoms with Gasteiger partial charge in [0.25, 0.3) is 0 Å². The average molecular weight is 313 g/mol. The topological polar surface area (TPSA) is 91.6 Å². The molecule has 118 valence electrons. The maximum absolute atomic E-state index is 12.7. The molecule has 8 heteroatoms. The Bertz CT molecular complexity index is 570. The summed E-state index contributed by atoms with van der Waals surface area (Å²) in [6.07, 6.45) is 3.91. The molecule has 1 unspecified atom stereocenters. The van der Waals surface area contributed by atoms with E-state index in [9.17, 15) is 8.42 Å². The van der Waals surface area contributed by atoms with Crippen molar-refractivity contribution in [3.8, 4) is 0 Å². The van der Waals surface area contributed by atoms with Crippen LogP contribution in [0.15, 0.2) is 23.4 Å². The van der Waals surface area contributed by atoms with Crippen LogP contribution in [-0.2, 0) is 10.0 Å². The van der Waals surface area contributed by atoms with E-state index in [-0.39, 0.29) is 4.90 Å². The van der Waals surface area contributed by atoms with Gasteiger partial charge in [-0.05, 0) is 19.4 Å². The molecular formula is C13H23N5O2S. The highest BCUT2D eigenvalue weighted by molar-refractivity contribution is 7.89. The fourth-order valence-corrected chi connectivity index (χ4v) is 4.01. The normalized spacial score (nSPS) is 19.4. The molecule has 3 N–H and O–H groups in total. The van der Waals surface area contributed by atoms with Gasteiger partial charge >= 0.3 is 0 Å². The van der Waals surface area contributed by atoms with E-state index in [2.05, 4.69) is 29.2 Å². The van der Waals surface area contributed by atoms with Crippen molar-refractivity contribution in [2.45, 2.75) is 31.2 Å². The molecule has 1 aromatic rings. The van der Waals surface area contributed by atoms with Crippen LogP contribution < -0.4 is 11.3 Å². The Labute approximate surface area is 126 Å². The Morgan fingerprint density at radius 1 is 1.38 bits per heavy atom. The van der Waals surface area contributed by atoms with Crippen molar-refractivity contribution in [2.24, 2.45) is 5.84 Å². The first-order valence-electron chi connectivity index (χ1n) is 7.15. The summed E-state index contributed by atoms with van der Waals surface area (Å²) in [6.45, 7) is 6.79. The van der Waals surface area contributed by atoms with Crippen LogP contribution in [0.3, 0.4) is 0 Å². The van der Waals surface area contributed by atoms with Crippen LogP contribution in [0.2, 0.25) is 0 Å². The maximum atomic E-state index is 12.7. The lowest BCUT2D eigenvalue weighted by molar-refractivity contribution is 0.142. The smallest absolute Gasteiger partial charge is 0.246 e. The Morgan fingerprint density at radius 2 is 2.05 bits per heavy atom. The summed E-state index contributed by atoms with van der Waals surface area (Å²) in [7, 11) is -3.56. The van der Waals surface area contributed by atoms with Crippen molar-refractivity contribution in [2.75, 3.05) is 31.6 Å². The quantitative estimate of drug-likeness (QED) is 0.606. The zero-order valence-corrected chi connectivity index (χ0v) is 13.3. The number of nitrogens with zero attached hydrogens (tertiary/aromatic N) is 3. The highest BCUT2D eigenvalue weighted by atomic mass is 32.2. The molecular weight excluding hydrogens is 290 g/mol. The number of pyridine rings is 1. The summed E-state index contributed by atoms with van der Waals surface area (Å²) in [5, 5.41) is 0. The summed E-state index contributed by atoms with van der Waals surface area (Å²) in [6, 6.07) is 2.04. The summed E-state index contributed by atoms with van der Waals surface area (Å²) in [5.74, 6) is 5.39. The number of anilines is 1. The first-order valence-corrected chi connectivity index (χ1v) is 8.59. The lowest BCUT2D eigenvalue weighted by Gasteiger charge is -2.37. The Morgan fingerprint density at radius 3 is 2.62 bits per heavy atom. The van der Waals surface area contributed by atoms with Crippen molar-refractivity contribution in [3.63, 3.8) is 0 Å². The van der Waals surface area contributed by atoms with Crippen LogP contribution in [0, 0.1) is 0 Å². The van der Waals surface area contributed by atoms with Gasteiger partial charge in [-0.25, -0.2) is 8.42 Å². The number of hydrazine groups is 1. The van der Waals surface area contributed by atoms with Crippen LogP contribution in [0.5, 0.6) is 0 Å². The van der Waals surface area contributed by atoms with Crippen molar-refractivity contribution in [1.82, 2.24) is 14.2 Å². The molecule has 2 heterocycles. The summed E-state index contributed by atoms with van der Waals surface area (Å²) in [4.78, 5) is 6.35. The monoisotopic (exact) mass is 313 g/mol. The number of nitrogens with two attached hydrogens (primary N) is 1.